The Bertz CT molecular complexity index is 425. The van der Waals surface area contributed by atoms with Crippen LogP contribution in [0.3, 0.4) is 0 Å². The molecule has 5 nitrogen and oxygen atoms in total. The van der Waals surface area contributed by atoms with Crippen LogP contribution >= 0.6 is 11.6 Å². The Balaban J connectivity index is 2.12. The molecule has 2 rings (SSSR count). The van der Waals surface area contributed by atoms with Gasteiger partial charge in [-0.3, -0.25) is 0 Å². The molecule has 6 heteroatoms. The van der Waals surface area contributed by atoms with Crippen LogP contribution in [0.15, 0.2) is 39.5 Å². The molecule has 0 unspecified atom stereocenters. The molecule has 0 spiro atoms. The van der Waals surface area contributed by atoms with Crippen LogP contribution in [0.2, 0.25) is 5.02 Å². The van der Waals surface area contributed by atoms with E-state index < -0.39 is 6.03 Å². The molecular formula is C8H4ClN3O2. The Labute approximate surface area is 84.1 Å². The number of hydrogen-bond acceptors (Lipinski definition) is 3. The van der Waals surface area contributed by atoms with Gasteiger partial charge in [0.1, 0.15) is 5.75 Å². The standard InChI is InChI=1S/C8H4ClN3O2/c9-5-1-3-6(4-2-5)14-8-10-7(13)11-12-8/h1-4H. The Morgan fingerprint density at radius 3 is 2.43 bits per heavy atom. The van der Waals surface area contributed by atoms with Crippen LogP contribution in [-0.4, -0.2) is 12.1 Å². The van der Waals surface area contributed by atoms with Crippen molar-refractivity contribution in [2.75, 3.05) is 0 Å². The molecule has 1 heterocycles. The third-order valence-electron chi connectivity index (χ3n) is 1.44. The lowest BCUT2D eigenvalue weighted by Crippen LogP contribution is -2.02. The number of amides is 2. The highest BCUT2D eigenvalue weighted by atomic mass is 35.5. The van der Waals surface area contributed by atoms with Gasteiger partial charge in [0.05, 0.1) is 0 Å². The van der Waals surface area contributed by atoms with Crippen LogP contribution in [0.5, 0.6) is 5.75 Å². The van der Waals surface area contributed by atoms with Crippen LogP contribution < -0.4 is 4.74 Å². The fourth-order valence-corrected chi connectivity index (χ4v) is 0.989. The summed E-state index contributed by atoms with van der Waals surface area (Å²) >= 11 is 5.67. The average molecular weight is 210 g/mol. The SMILES string of the molecule is O=C1N=NC(Oc2ccc(Cl)cc2)=N1. The van der Waals surface area contributed by atoms with Crippen molar-refractivity contribution in [1.29, 1.82) is 0 Å². The number of halogens is 1. The number of azo groups is 1. The van der Waals surface area contributed by atoms with Gasteiger partial charge in [-0.05, 0) is 24.3 Å². The molecule has 0 saturated carbocycles. The Morgan fingerprint density at radius 2 is 1.86 bits per heavy atom. The molecule has 0 aromatic heterocycles. The summed E-state index contributed by atoms with van der Waals surface area (Å²) < 4.78 is 5.11. The second kappa shape index (κ2) is 3.55. The number of hydrogen-bond donors (Lipinski definition) is 0. The van der Waals surface area contributed by atoms with Crippen molar-refractivity contribution >= 4 is 23.7 Å². The zero-order chi connectivity index (χ0) is 9.97. The van der Waals surface area contributed by atoms with E-state index in [4.69, 9.17) is 16.3 Å². The van der Waals surface area contributed by atoms with Gasteiger partial charge in [-0.2, -0.15) is 0 Å². The maximum Gasteiger partial charge on any atom is 0.390 e. The first-order chi connectivity index (χ1) is 6.74. The fourth-order valence-electron chi connectivity index (χ4n) is 0.863. The zero-order valence-electron chi connectivity index (χ0n) is 6.85. The molecule has 1 aromatic rings. The monoisotopic (exact) mass is 209 g/mol. The van der Waals surface area contributed by atoms with Crippen LogP contribution in [-0.2, 0) is 0 Å². The summed E-state index contributed by atoms with van der Waals surface area (Å²) in [6, 6.07) is 5.88. The number of carbonyl (C=O) groups excluding carboxylic acids is 1. The van der Waals surface area contributed by atoms with E-state index in [1.165, 1.54) is 0 Å². The molecule has 0 bridgehead atoms. The van der Waals surface area contributed by atoms with E-state index in [0.717, 1.165) is 0 Å². The molecule has 70 valence electrons. The Morgan fingerprint density at radius 1 is 1.14 bits per heavy atom. The summed E-state index contributed by atoms with van der Waals surface area (Å²) in [4.78, 5) is 13.9. The van der Waals surface area contributed by atoms with Crippen LogP contribution in [0.1, 0.15) is 0 Å². The zero-order valence-corrected chi connectivity index (χ0v) is 7.60. The van der Waals surface area contributed by atoms with Crippen molar-refractivity contribution in [2.24, 2.45) is 15.2 Å². The highest BCUT2D eigenvalue weighted by Gasteiger charge is 2.11. The summed E-state index contributed by atoms with van der Waals surface area (Å²) in [5.74, 6) is 0.502. The largest absolute Gasteiger partial charge is 0.423 e. The van der Waals surface area contributed by atoms with Crippen molar-refractivity contribution in [1.82, 2.24) is 0 Å². The van der Waals surface area contributed by atoms with E-state index in [2.05, 4.69) is 15.2 Å². The molecule has 14 heavy (non-hydrogen) atoms. The van der Waals surface area contributed by atoms with Crippen molar-refractivity contribution in [3.05, 3.63) is 29.3 Å². The third kappa shape index (κ3) is 1.94. The van der Waals surface area contributed by atoms with E-state index in [1.807, 2.05) is 0 Å². The Kier molecular flexibility index (Phi) is 2.24. The maximum absolute atomic E-state index is 10.5. The van der Waals surface area contributed by atoms with E-state index in [1.54, 1.807) is 24.3 Å². The van der Waals surface area contributed by atoms with Gasteiger partial charge < -0.3 is 4.74 Å². The van der Waals surface area contributed by atoms with E-state index in [0.29, 0.717) is 10.8 Å². The third-order valence-corrected chi connectivity index (χ3v) is 1.69. The van der Waals surface area contributed by atoms with Gasteiger partial charge in [0.15, 0.2) is 0 Å². The van der Waals surface area contributed by atoms with E-state index in [9.17, 15) is 4.79 Å². The number of aliphatic imine (C=N–C) groups is 1. The quantitative estimate of drug-likeness (QED) is 0.714. The number of carbonyl (C=O) groups is 1. The minimum Gasteiger partial charge on any atom is -0.423 e. The van der Waals surface area contributed by atoms with Crippen LogP contribution in [0.4, 0.5) is 4.79 Å². The predicted molar refractivity (Wildman–Crippen MR) is 49.8 cm³/mol. The molecule has 0 saturated heterocycles. The number of ether oxygens (including phenoxy) is 1. The van der Waals surface area contributed by atoms with Gasteiger partial charge in [-0.1, -0.05) is 21.8 Å². The van der Waals surface area contributed by atoms with Gasteiger partial charge in [0.2, 0.25) is 0 Å². The highest BCUT2D eigenvalue weighted by molar-refractivity contribution is 6.30. The first-order valence-electron chi connectivity index (χ1n) is 3.72. The van der Waals surface area contributed by atoms with E-state index in [-0.39, 0.29) is 6.02 Å². The summed E-state index contributed by atoms with van der Waals surface area (Å²) in [5, 5.41) is 7.17. The molecule has 0 atom stereocenters. The average Bonchev–Trinajstić information content (AvgIpc) is 2.56. The number of rotatable bonds is 1. The lowest BCUT2D eigenvalue weighted by Gasteiger charge is -1.99. The lowest BCUT2D eigenvalue weighted by atomic mass is 10.3. The first-order valence-corrected chi connectivity index (χ1v) is 4.10. The normalized spacial score (nSPS) is 14.4. The highest BCUT2D eigenvalue weighted by Crippen LogP contribution is 2.16. The molecule has 1 aliphatic rings. The first kappa shape index (κ1) is 8.83. The molecular weight excluding hydrogens is 206 g/mol. The van der Waals surface area contributed by atoms with Crippen molar-refractivity contribution in [2.45, 2.75) is 0 Å². The lowest BCUT2D eigenvalue weighted by molar-refractivity contribution is 0.257. The van der Waals surface area contributed by atoms with E-state index >= 15 is 0 Å². The molecule has 2 amide bonds. The van der Waals surface area contributed by atoms with Crippen molar-refractivity contribution in [3.8, 4) is 5.75 Å². The summed E-state index contributed by atoms with van der Waals surface area (Å²) in [7, 11) is 0. The molecule has 1 aliphatic heterocycles. The number of amidine groups is 1. The topological polar surface area (TPSA) is 63.4 Å². The minimum atomic E-state index is -0.658. The smallest absolute Gasteiger partial charge is 0.390 e. The number of benzene rings is 1. The maximum atomic E-state index is 10.5. The van der Waals surface area contributed by atoms with Crippen molar-refractivity contribution in [3.63, 3.8) is 0 Å². The molecule has 1 aromatic carbocycles. The fraction of sp³-hybridized carbons (Fsp3) is 0. The van der Waals surface area contributed by atoms with Gasteiger partial charge in [0.25, 0.3) is 0 Å². The van der Waals surface area contributed by atoms with Gasteiger partial charge in [-0.25, -0.2) is 4.79 Å². The van der Waals surface area contributed by atoms with Crippen LogP contribution in [0, 0.1) is 0 Å². The minimum absolute atomic E-state index is 0.0580. The molecule has 0 N–H and O–H groups in total. The predicted octanol–water partition coefficient (Wildman–Crippen LogP) is 2.66. The summed E-state index contributed by atoms with van der Waals surface area (Å²) in [5.41, 5.74) is 0. The van der Waals surface area contributed by atoms with Gasteiger partial charge >= 0.3 is 12.1 Å². The van der Waals surface area contributed by atoms with Gasteiger partial charge in [0, 0.05) is 5.02 Å². The second-order valence-corrected chi connectivity index (χ2v) is 2.87. The molecule has 0 radical (unpaired) electrons. The number of nitrogens with zero attached hydrogens (tertiary/aromatic N) is 3. The Hall–Kier alpha value is -1.75. The molecule has 0 aliphatic carbocycles. The molecule has 0 fully saturated rings. The summed E-state index contributed by atoms with van der Waals surface area (Å²) in [6.07, 6.45) is 0. The second-order valence-electron chi connectivity index (χ2n) is 2.43. The van der Waals surface area contributed by atoms with Crippen molar-refractivity contribution < 1.29 is 9.53 Å². The van der Waals surface area contributed by atoms with Gasteiger partial charge in [-0.15, -0.1) is 4.99 Å². The summed E-state index contributed by atoms with van der Waals surface area (Å²) in [6.45, 7) is 0. The van der Waals surface area contributed by atoms with Crippen LogP contribution in [0.25, 0.3) is 0 Å². The number of urea groups is 1.